The molecule has 0 saturated carbocycles. The molecule has 2 rings (SSSR count). The van der Waals surface area contributed by atoms with Crippen molar-refractivity contribution in [3.63, 3.8) is 0 Å². The van der Waals surface area contributed by atoms with E-state index in [-0.39, 0.29) is 23.3 Å². The number of hydrogen-bond donors (Lipinski definition) is 1. The Kier molecular flexibility index (Phi) is 3.49. The summed E-state index contributed by atoms with van der Waals surface area (Å²) in [5.74, 6) is 0.126. The molecular formula is C12H17NO3S. The third kappa shape index (κ3) is 2.84. The molecule has 0 radical (unpaired) electrons. The van der Waals surface area contributed by atoms with Crippen molar-refractivity contribution in [1.29, 1.82) is 0 Å². The number of hydrogen-bond acceptors (Lipinski definition) is 4. The van der Waals surface area contributed by atoms with Crippen molar-refractivity contribution in [2.45, 2.75) is 25.4 Å². The standard InChI is InChI=1S/C12H17NO3S/c1-9(10-2-5-13-6-3-10)12(14)11-4-7-17(15,16)8-11/h2-3,5-6,9,11-12,14H,4,7-8H2,1H3. The molecule has 1 fully saturated rings. The van der Waals surface area contributed by atoms with Gasteiger partial charge in [0.05, 0.1) is 17.6 Å². The number of aliphatic hydroxyl groups is 1. The van der Waals surface area contributed by atoms with Gasteiger partial charge in [-0.25, -0.2) is 8.42 Å². The maximum atomic E-state index is 11.4. The van der Waals surface area contributed by atoms with Crippen LogP contribution >= 0.6 is 0 Å². The Morgan fingerprint density at radius 2 is 2.06 bits per heavy atom. The third-order valence-corrected chi connectivity index (χ3v) is 5.29. The normalized spacial score (nSPS) is 26.6. The van der Waals surface area contributed by atoms with E-state index in [4.69, 9.17) is 0 Å². The monoisotopic (exact) mass is 255 g/mol. The van der Waals surface area contributed by atoms with Crippen LogP contribution in [0.15, 0.2) is 24.5 Å². The first-order valence-electron chi connectivity index (χ1n) is 5.78. The van der Waals surface area contributed by atoms with Crippen LogP contribution in [0.4, 0.5) is 0 Å². The van der Waals surface area contributed by atoms with Gasteiger partial charge in [0, 0.05) is 24.2 Å². The molecule has 0 spiro atoms. The van der Waals surface area contributed by atoms with Crippen molar-refractivity contribution < 1.29 is 13.5 Å². The molecule has 5 heteroatoms. The van der Waals surface area contributed by atoms with Gasteiger partial charge in [-0.2, -0.15) is 0 Å². The summed E-state index contributed by atoms with van der Waals surface area (Å²) in [5, 5.41) is 10.2. The van der Waals surface area contributed by atoms with Gasteiger partial charge in [-0.05, 0) is 24.1 Å². The lowest BCUT2D eigenvalue weighted by Gasteiger charge is -2.23. The lowest BCUT2D eigenvalue weighted by molar-refractivity contribution is 0.0967. The molecule has 0 bridgehead atoms. The van der Waals surface area contributed by atoms with Gasteiger partial charge in [-0.3, -0.25) is 4.98 Å². The highest BCUT2D eigenvalue weighted by atomic mass is 32.2. The fourth-order valence-corrected chi connectivity index (χ4v) is 4.21. The summed E-state index contributed by atoms with van der Waals surface area (Å²) < 4.78 is 22.8. The van der Waals surface area contributed by atoms with Crippen molar-refractivity contribution in [2.24, 2.45) is 5.92 Å². The highest BCUT2D eigenvalue weighted by Crippen LogP contribution is 2.30. The summed E-state index contributed by atoms with van der Waals surface area (Å²) >= 11 is 0. The predicted molar refractivity (Wildman–Crippen MR) is 65.4 cm³/mol. The fourth-order valence-electron chi connectivity index (χ4n) is 2.37. The molecule has 1 aliphatic rings. The summed E-state index contributed by atoms with van der Waals surface area (Å²) in [6.07, 6.45) is 3.34. The van der Waals surface area contributed by atoms with Crippen LogP contribution in [0.1, 0.15) is 24.8 Å². The van der Waals surface area contributed by atoms with Gasteiger partial charge in [-0.15, -0.1) is 0 Å². The molecule has 94 valence electrons. The third-order valence-electron chi connectivity index (χ3n) is 3.49. The van der Waals surface area contributed by atoms with Crippen LogP contribution in [-0.2, 0) is 9.84 Å². The quantitative estimate of drug-likeness (QED) is 0.874. The molecule has 17 heavy (non-hydrogen) atoms. The number of sulfone groups is 1. The van der Waals surface area contributed by atoms with Crippen LogP contribution in [0.2, 0.25) is 0 Å². The topological polar surface area (TPSA) is 67.3 Å². The summed E-state index contributed by atoms with van der Waals surface area (Å²) in [6.45, 7) is 1.92. The smallest absolute Gasteiger partial charge is 0.150 e. The molecule has 1 saturated heterocycles. The van der Waals surface area contributed by atoms with Crippen LogP contribution in [0.25, 0.3) is 0 Å². The first-order valence-corrected chi connectivity index (χ1v) is 7.60. The van der Waals surface area contributed by atoms with Crippen LogP contribution in [0, 0.1) is 5.92 Å². The van der Waals surface area contributed by atoms with Crippen molar-refractivity contribution in [3.8, 4) is 0 Å². The summed E-state index contributed by atoms with van der Waals surface area (Å²) in [5.41, 5.74) is 0.997. The van der Waals surface area contributed by atoms with E-state index in [1.54, 1.807) is 12.4 Å². The number of nitrogens with zero attached hydrogens (tertiary/aromatic N) is 1. The van der Waals surface area contributed by atoms with Gasteiger partial charge in [0.15, 0.2) is 9.84 Å². The highest BCUT2D eigenvalue weighted by Gasteiger charge is 2.35. The van der Waals surface area contributed by atoms with Gasteiger partial charge < -0.3 is 5.11 Å². The maximum absolute atomic E-state index is 11.4. The molecule has 0 aromatic carbocycles. The van der Waals surface area contributed by atoms with Gasteiger partial charge in [0.2, 0.25) is 0 Å². The zero-order valence-electron chi connectivity index (χ0n) is 9.78. The second-order valence-electron chi connectivity index (χ2n) is 4.72. The Morgan fingerprint density at radius 3 is 2.59 bits per heavy atom. The molecular weight excluding hydrogens is 238 g/mol. The average molecular weight is 255 g/mol. The Morgan fingerprint density at radius 1 is 1.41 bits per heavy atom. The number of aliphatic hydroxyl groups excluding tert-OH is 1. The molecule has 1 aromatic rings. The zero-order chi connectivity index (χ0) is 12.5. The summed E-state index contributed by atoms with van der Waals surface area (Å²) in [4.78, 5) is 3.93. The van der Waals surface area contributed by atoms with Gasteiger partial charge in [-0.1, -0.05) is 6.92 Å². The van der Waals surface area contributed by atoms with E-state index in [9.17, 15) is 13.5 Å². The first-order chi connectivity index (χ1) is 7.99. The zero-order valence-corrected chi connectivity index (χ0v) is 10.6. The Labute approximate surface area is 102 Å². The second kappa shape index (κ2) is 4.74. The molecule has 4 nitrogen and oxygen atoms in total. The minimum atomic E-state index is -2.93. The molecule has 1 aromatic heterocycles. The summed E-state index contributed by atoms with van der Waals surface area (Å²) in [7, 11) is -2.93. The Balaban J connectivity index is 2.08. The lowest BCUT2D eigenvalue weighted by Crippen LogP contribution is -2.27. The van der Waals surface area contributed by atoms with Crippen LogP contribution < -0.4 is 0 Å². The van der Waals surface area contributed by atoms with Gasteiger partial charge in [0.25, 0.3) is 0 Å². The van der Waals surface area contributed by atoms with Gasteiger partial charge >= 0.3 is 0 Å². The summed E-state index contributed by atoms with van der Waals surface area (Å²) in [6, 6.07) is 3.72. The lowest BCUT2D eigenvalue weighted by atomic mass is 9.87. The van der Waals surface area contributed by atoms with E-state index < -0.39 is 15.9 Å². The minimum absolute atomic E-state index is 0.0590. The predicted octanol–water partition coefficient (Wildman–Crippen LogP) is 0.981. The second-order valence-corrected chi connectivity index (χ2v) is 6.95. The fraction of sp³-hybridized carbons (Fsp3) is 0.583. The number of pyridine rings is 1. The van der Waals surface area contributed by atoms with Gasteiger partial charge in [0.1, 0.15) is 0 Å². The van der Waals surface area contributed by atoms with Crippen LogP contribution in [0.5, 0.6) is 0 Å². The Hall–Kier alpha value is -0.940. The van der Waals surface area contributed by atoms with Crippen LogP contribution in [0.3, 0.4) is 0 Å². The Bertz CT molecular complexity index is 472. The molecule has 3 unspecified atom stereocenters. The van der Waals surface area contributed by atoms with Crippen molar-refractivity contribution >= 4 is 9.84 Å². The highest BCUT2D eigenvalue weighted by molar-refractivity contribution is 7.91. The van der Waals surface area contributed by atoms with Crippen molar-refractivity contribution in [2.75, 3.05) is 11.5 Å². The molecule has 1 N–H and O–H groups in total. The van der Waals surface area contributed by atoms with Crippen LogP contribution in [-0.4, -0.2) is 36.1 Å². The van der Waals surface area contributed by atoms with Crippen molar-refractivity contribution in [1.82, 2.24) is 4.98 Å². The number of aromatic nitrogens is 1. The minimum Gasteiger partial charge on any atom is -0.392 e. The number of rotatable bonds is 3. The molecule has 2 heterocycles. The van der Waals surface area contributed by atoms with E-state index in [1.165, 1.54) is 0 Å². The van der Waals surface area contributed by atoms with E-state index >= 15 is 0 Å². The first kappa shape index (κ1) is 12.5. The maximum Gasteiger partial charge on any atom is 0.150 e. The molecule has 3 atom stereocenters. The molecule has 1 aliphatic heterocycles. The largest absolute Gasteiger partial charge is 0.392 e. The SMILES string of the molecule is CC(c1ccncc1)C(O)C1CCS(=O)(=O)C1. The van der Waals surface area contributed by atoms with Crippen molar-refractivity contribution in [3.05, 3.63) is 30.1 Å². The average Bonchev–Trinajstić information content (AvgIpc) is 2.69. The molecule has 0 amide bonds. The van der Waals surface area contributed by atoms with E-state index in [2.05, 4.69) is 4.98 Å². The molecule has 0 aliphatic carbocycles. The van der Waals surface area contributed by atoms with E-state index in [0.717, 1.165) is 5.56 Å². The van der Waals surface area contributed by atoms with E-state index in [1.807, 2.05) is 19.1 Å². The van der Waals surface area contributed by atoms with E-state index in [0.29, 0.717) is 6.42 Å².